The van der Waals surface area contributed by atoms with Gasteiger partial charge in [-0.05, 0) is 25.1 Å². The van der Waals surface area contributed by atoms with E-state index in [2.05, 4.69) is 20.9 Å². The van der Waals surface area contributed by atoms with Crippen LogP contribution in [0.25, 0.3) is 10.9 Å². The fourth-order valence-corrected chi connectivity index (χ4v) is 3.76. The number of piperazine rings is 1. The summed E-state index contributed by atoms with van der Waals surface area (Å²) in [4.78, 5) is 20.1. The van der Waals surface area contributed by atoms with Gasteiger partial charge in [0.25, 0.3) is 5.69 Å². The Morgan fingerprint density at radius 2 is 1.75 bits per heavy atom. The monoisotopic (exact) mass is 378 g/mol. The molecule has 7 nitrogen and oxygen atoms in total. The minimum atomic E-state index is -0.362. The Morgan fingerprint density at radius 1 is 1.04 bits per heavy atom. The Bertz CT molecular complexity index is 1030. The standard InChI is InChI=1S/C21H22N4O3/c1-15-13-20(18-7-4-8-19(25(26)27)21(18)22-15)24-11-9-23(10-12-24)16-5-3-6-17(14-16)28-2/h3-8,13-14H,9-12H2,1-2H3. The number of benzene rings is 2. The highest BCUT2D eigenvalue weighted by molar-refractivity contribution is 5.97. The Kier molecular flexibility index (Phi) is 4.73. The third-order valence-electron chi connectivity index (χ3n) is 5.16. The number of anilines is 2. The molecule has 0 spiro atoms. The number of aromatic nitrogens is 1. The highest BCUT2D eigenvalue weighted by Crippen LogP contribution is 2.33. The van der Waals surface area contributed by atoms with E-state index < -0.39 is 0 Å². The third kappa shape index (κ3) is 3.31. The van der Waals surface area contributed by atoms with Crippen LogP contribution in [0.3, 0.4) is 0 Å². The Morgan fingerprint density at radius 3 is 2.46 bits per heavy atom. The summed E-state index contributed by atoms with van der Waals surface area (Å²) in [5.41, 5.74) is 3.45. The van der Waals surface area contributed by atoms with Crippen molar-refractivity contribution in [2.75, 3.05) is 43.1 Å². The highest BCUT2D eigenvalue weighted by Gasteiger charge is 2.22. The van der Waals surface area contributed by atoms with Crippen molar-refractivity contribution in [2.45, 2.75) is 6.92 Å². The number of non-ortho nitro benzene ring substituents is 1. The molecule has 0 unspecified atom stereocenters. The summed E-state index contributed by atoms with van der Waals surface area (Å²) in [6.45, 7) is 5.28. The van der Waals surface area contributed by atoms with Gasteiger partial charge in [0.05, 0.1) is 12.0 Å². The summed E-state index contributed by atoms with van der Waals surface area (Å²) in [5, 5.41) is 12.2. The largest absolute Gasteiger partial charge is 0.497 e. The smallest absolute Gasteiger partial charge is 0.295 e. The first kappa shape index (κ1) is 18.0. The van der Waals surface area contributed by atoms with Crippen molar-refractivity contribution in [3.63, 3.8) is 0 Å². The van der Waals surface area contributed by atoms with Gasteiger partial charge in [0.15, 0.2) is 5.52 Å². The molecule has 28 heavy (non-hydrogen) atoms. The van der Waals surface area contributed by atoms with Crippen LogP contribution in [0, 0.1) is 17.0 Å². The molecule has 3 aromatic rings. The van der Waals surface area contributed by atoms with Crippen molar-refractivity contribution in [1.82, 2.24) is 4.98 Å². The summed E-state index contributed by atoms with van der Waals surface area (Å²) >= 11 is 0. The molecule has 1 aromatic heterocycles. The first-order valence-electron chi connectivity index (χ1n) is 9.25. The van der Waals surface area contributed by atoms with E-state index in [1.54, 1.807) is 13.2 Å². The molecule has 144 valence electrons. The lowest BCUT2D eigenvalue weighted by molar-refractivity contribution is -0.383. The van der Waals surface area contributed by atoms with Crippen LogP contribution >= 0.6 is 0 Å². The van der Waals surface area contributed by atoms with Gasteiger partial charge in [-0.1, -0.05) is 18.2 Å². The van der Waals surface area contributed by atoms with Crippen molar-refractivity contribution in [2.24, 2.45) is 0 Å². The topological polar surface area (TPSA) is 71.7 Å². The molecule has 4 rings (SSSR count). The van der Waals surface area contributed by atoms with Crippen molar-refractivity contribution in [3.8, 4) is 5.75 Å². The average Bonchev–Trinajstić information content (AvgIpc) is 2.72. The predicted octanol–water partition coefficient (Wildman–Crippen LogP) is 3.79. The number of nitrogens with zero attached hydrogens (tertiary/aromatic N) is 4. The molecule has 0 N–H and O–H groups in total. The fourth-order valence-electron chi connectivity index (χ4n) is 3.76. The quantitative estimate of drug-likeness (QED) is 0.508. The van der Waals surface area contributed by atoms with Crippen molar-refractivity contribution < 1.29 is 9.66 Å². The van der Waals surface area contributed by atoms with E-state index >= 15 is 0 Å². The van der Waals surface area contributed by atoms with E-state index in [1.165, 1.54) is 6.07 Å². The Balaban J connectivity index is 1.62. The first-order chi connectivity index (χ1) is 13.6. The highest BCUT2D eigenvalue weighted by atomic mass is 16.6. The summed E-state index contributed by atoms with van der Waals surface area (Å²) in [5.74, 6) is 0.850. The van der Waals surface area contributed by atoms with E-state index in [-0.39, 0.29) is 10.6 Å². The first-order valence-corrected chi connectivity index (χ1v) is 9.25. The van der Waals surface area contributed by atoms with Crippen molar-refractivity contribution in [3.05, 3.63) is 64.3 Å². The Labute approximate surface area is 163 Å². The van der Waals surface area contributed by atoms with Gasteiger partial charge in [-0.15, -0.1) is 0 Å². The molecule has 1 aliphatic heterocycles. The lowest BCUT2D eigenvalue weighted by atomic mass is 10.1. The number of hydrogen-bond donors (Lipinski definition) is 0. The van der Waals surface area contributed by atoms with Gasteiger partial charge in [-0.25, -0.2) is 4.98 Å². The summed E-state index contributed by atoms with van der Waals surface area (Å²) in [7, 11) is 1.67. The molecule has 0 aliphatic carbocycles. The molecule has 2 aromatic carbocycles. The van der Waals surface area contributed by atoms with Crippen LogP contribution in [0.1, 0.15) is 5.69 Å². The number of aryl methyl sites for hydroxylation is 1. The molecular weight excluding hydrogens is 356 g/mol. The molecule has 0 atom stereocenters. The molecule has 0 radical (unpaired) electrons. The second kappa shape index (κ2) is 7.34. The van der Waals surface area contributed by atoms with Gasteiger partial charge < -0.3 is 14.5 Å². The zero-order valence-corrected chi connectivity index (χ0v) is 16.0. The molecule has 0 amide bonds. The number of hydrogen-bond acceptors (Lipinski definition) is 6. The van der Waals surface area contributed by atoms with E-state index in [0.717, 1.165) is 54.4 Å². The minimum Gasteiger partial charge on any atom is -0.497 e. The SMILES string of the molecule is COc1cccc(N2CCN(c3cc(C)nc4c([N+](=O)[O-])cccc34)CC2)c1. The molecule has 1 fully saturated rings. The maximum Gasteiger partial charge on any atom is 0.295 e. The number of methoxy groups -OCH3 is 1. The van der Waals surface area contributed by atoms with Gasteiger partial charge in [-0.2, -0.15) is 0 Å². The second-order valence-electron chi connectivity index (χ2n) is 6.89. The Hall–Kier alpha value is -3.35. The lowest BCUT2D eigenvalue weighted by Gasteiger charge is -2.38. The average molecular weight is 378 g/mol. The summed E-state index contributed by atoms with van der Waals surface area (Å²) < 4.78 is 5.33. The predicted molar refractivity (Wildman–Crippen MR) is 111 cm³/mol. The van der Waals surface area contributed by atoms with Crippen LogP contribution in [0.15, 0.2) is 48.5 Å². The van der Waals surface area contributed by atoms with Gasteiger partial charge in [0.2, 0.25) is 0 Å². The number of nitro groups is 1. The maximum absolute atomic E-state index is 11.4. The minimum absolute atomic E-state index is 0.0532. The molecular formula is C21H22N4O3. The van der Waals surface area contributed by atoms with Crippen molar-refractivity contribution in [1.29, 1.82) is 0 Å². The van der Waals surface area contributed by atoms with Gasteiger partial charge in [-0.3, -0.25) is 10.1 Å². The normalized spacial score (nSPS) is 14.4. The van der Waals surface area contributed by atoms with Crippen LogP contribution in [0.2, 0.25) is 0 Å². The molecule has 7 heteroatoms. The number of ether oxygens (including phenoxy) is 1. The van der Waals surface area contributed by atoms with Gasteiger partial charge in [0, 0.05) is 60.8 Å². The molecule has 2 heterocycles. The fraction of sp³-hybridized carbons (Fsp3) is 0.286. The van der Waals surface area contributed by atoms with E-state index in [1.807, 2.05) is 37.3 Å². The van der Waals surface area contributed by atoms with Crippen molar-refractivity contribution >= 4 is 28.0 Å². The molecule has 1 saturated heterocycles. The van der Waals surface area contributed by atoms with Crippen LogP contribution in [-0.4, -0.2) is 43.2 Å². The molecule has 0 bridgehead atoms. The van der Waals surface area contributed by atoms with Crippen LogP contribution < -0.4 is 14.5 Å². The number of rotatable bonds is 4. The van der Waals surface area contributed by atoms with E-state index in [9.17, 15) is 10.1 Å². The number of para-hydroxylation sites is 1. The number of fused-ring (bicyclic) bond motifs is 1. The second-order valence-corrected chi connectivity index (χ2v) is 6.89. The summed E-state index contributed by atoms with van der Waals surface area (Å²) in [6.07, 6.45) is 0. The van der Waals surface area contributed by atoms with E-state index in [4.69, 9.17) is 4.74 Å². The maximum atomic E-state index is 11.4. The zero-order chi connectivity index (χ0) is 19.7. The van der Waals surface area contributed by atoms with Crippen LogP contribution in [0.4, 0.5) is 17.1 Å². The van der Waals surface area contributed by atoms with Gasteiger partial charge >= 0.3 is 0 Å². The van der Waals surface area contributed by atoms with Crippen LogP contribution in [0.5, 0.6) is 5.75 Å². The van der Waals surface area contributed by atoms with Gasteiger partial charge in [0.1, 0.15) is 5.75 Å². The zero-order valence-electron chi connectivity index (χ0n) is 16.0. The molecule has 1 aliphatic rings. The number of pyridine rings is 1. The lowest BCUT2D eigenvalue weighted by Crippen LogP contribution is -2.46. The van der Waals surface area contributed by atoms with E-state index in [0.29, 0.717) is 5.52 Å². The summed E-state index contributed by atoms with van der Waals surface area (Å²) in [6, 6.07) is 15.3. The van der Waals surface area contributed by atoms with Crippen LogP contribution in [-0.2, 0) is 0 Å². The molecule has 0 saturated carbocycles. The third-order valence-corrected chi connectivity index (χ3v) is 5.16. The number of nitro benzene ring substituents is 1.